The van der Waals surface area contributed by atoms with E-state index in [4.69, 9.17) is 16.6 Å². The molecule has 5 rings (SSSR count). The Morgan fingerprint density at radius 3 is 2.61 bits per heavy atom. The van der Waals surface area contributed by atoms with Gasteiger partial charge in [-0.25, -0.2) is 19.3 Å². The Labute approximate surface area is 186 Å². The van der Waals surface area contributed by atoms with Crippen LogP contribution in [0.15, 0.2) is 30.3 Å². The lowest BCUT2D eigenvalue weighted by Crippen LogP contribution is -2.68. The van der Waals surface area contributed by atoms with Gasteiger partial charge in [-0.1, -0.05) is 11.6 Å². The van der Waals surface area contributed by atoms with Gasteiger partial charge in [0.25, 0.3) is 0 Å². The van der Waals surface area contributed by atoms with Crippen LogP contribution in [-0.2, 0) is 11.3 Å². The monoisotopic (exact) mass is 463 g/mol. The lowest BCUT2D eigenvalue weighted by atomic mass is 9.61. The fourth-order valence-corrected chi connectivity index (χ4v) is 5.65. The molecule has 0 radical (unpaired) electrons. The van der Waals surface area contributed by atoms with Gasteiger partial charge in [0.15, 0.2) is 11.6 Å². The molecule has 2 aromatic heterocycles. The number of anilines is 1. The summed E-state index contributed by atoms with van der Waals surface area (Å²) < 4.78 is 39.0. The average Bonchev–Trinajstić information content (AvgIpc) is 2.96. The fourth-order valence-electron chi connectivity index (χ4n) is 4.82. The molecule has 1 aliphatic carbocycles. The molecule has 11 heteroatoms. The molecule has 3 heterocycles. The van der Waals surface area contributed by atoms with Crippen molar-refractivity contribution in [1.29, 1.82) is 0 Å². The van der Waals surface area contributed by atoms with Gasteiger partial charge in [0, 0.05) is 41.4 Å². The Balaban J connectivity index is 1.44. The Bertz CT molecular complexity index is 1170. The zero-order valence-corrected chi connectivity index (χ0v) is 18.6. The maximum atomic E-state index is 13.4. The van der Waals surface area contributed by atoms with Crippen molar-refractivity contribution in [3.05, 3.63) is 46.9 Å². The summed E-state index contributed by atoms with van der Waals surface area (Å²) in [6.07, 6.45) is 1.59. The van der Waals surface area contributed by atoms with Gasteiger partial charge < -0.3 is 9.45 Å². The summed E-state index contributed by atoms with van der Waals surface area (Å²) >= 11 is 4.13. The SMILES string of the molecule is CNN(C1CC2(C1)CN(c1nc(-c3ccc(F)cc3)nn3c(Cl)cc(C)c13)C2)S(=O)[O-]. The molecule has 1 aromatic carbocycles. The number of nitrogens with zero attached hydrogens (tertiary/aromatic N) is 5. The van der Waals surface area contributed by atoms with Gasteiger partial charge in [0.2, 0.25) is 0 Å². The van der Waals surface area contributed by atoms with E-state index < -0.39 is 11.3 Å². The molecule has 1 saturated heterocycles. The maximum Gasteiger partial charge on any atom is 0.182 e. The van der Waals surface area contributed by atoms with Crippen LogP contribution in [0, 0.1) is 18.2 Å². The van der Waals surface area contributed by atoms with E-state index in [1.165, 1.54) is 16.5 Å². The van der Waals surface area contributed by atoms with Gasteiger partial charge in [-0.2, -0.15) is 4.41 Å². The molecule has 0 bridgehead atoms. The van der Waals surface area contributed by atoms with Crippen LogP contribution in [0.2, 0.25) is 5.15 Å². The van der Waals surface area contributed by atoms with E-state index in [0.29, 0.717) is 16.5 Å². The van der Waals surface area contributed by atoms with Crippen molar-refractivity contribution < 1.29 is 13.2 Å². The molecule has 1 N–H and O–H groups in total. The summed E-state index contributed by atoms with van der Waals surface area (Å²) in [6.45, 7) is 3.53. The largest absolute Gasteiger partial charge is 0.759 e. The third-order valence-corrected chi connectivity index (χ3v) is 7.32. The van der Waals surface area contributed by atoms with E-state index in [-0.39, 0.29) is 17.3 Å². The number of aryl methyl sites for hydroxylation is 1. The van der Waals surface area contributed by atoms with E-state index >= 15 is 0 Å². The summed E-state index contributed by atoms with van der Waals surface area (Å²) in [5, 5.41) is 5.06. The molecule has 1 spiro atoms. The topological polar surface area (TPSA) is 88.8 Å². The van der Waals surface area contributed by atoms with E-state index in [0.717, 1.165) is 42.8 Å². The first-order valence-corrected chi connectivity index (χ1v) is 11.3. The Morgan fingerprint density at radius 2 is 2.00 bits per heavy atom. The van der Waals surface area contributed by atoms with Crippen LogP contribution in [-0.4, -0.2) is 54.0 Å². The number of rotatable bonds is 5. The third-order valence-electron chi connectivity index (χ3n) is 6.25. The molecule has 1 aliphatic heterocycles. The molecule has 31 heavy (non-hydrogen) atoms. The predicted molar refractivity (Wildman–Crippen MR) is 116 cm³/mol. The smallest absolute Gasteiger partial charge is 0.182 e. The Hall–Kier alpha value is -2.11. The van der Waals surface area contributed by atoms with Crippen molar-refractivity contribution in [1.82, 2.24) is 24.4 Å². The number of nitrogens with one attached hydrogen (secondary N) is 1. The van der Waals surface area contributed by atoms with Crippen LogP contribution in [0.4, 0.5) is 10.2 Å². The number of aromatic nitrogens is 3. The van der Waals surface area contributed by atoms with E-state index in [1.54, 1.807) is 23.7 Å². The Kier molecular flexibility index (Phi) is 5.02. The normalized spacial score (nSPS) is 19.1. The fraction of sp³-hybridized carbons (Fsp3) is 0.400. The van der Waals surface area contributed by atoms with Gasteiger partial charge in [-0.15, -0.1) is 5.10 Å². The number of fused-ring (bicyclic) bond motifs is 1. The minimum Gasteiger partial charge on any atom is -0.759 e. The van der Waals surface area contributed by atoms with Crippen LogP contribution in [0.1, 0.15) is 18.4 Å². The number of benzene rings is 1. The first-order valence-electron chi connectivity index (χ1n) is 9.93. The van der Waals surface area contributed by atoms with Crippen LogP contribution in [0.25, 0.3) is 16.9 Å². The molecule has 2 fully saturated rings. The van der Waals surface area contributed by atoms with Crippen molar-refractivity contribution in [3.8, 4) is 11.4 Å². The first-order chi connectivity index (χ1) is 14.8. The van der Waals surface area contributed by atoms with Gasteiger partial charge in [-0.3, -0.25) is 4.21 Å². The minimum atomic E-state index is -2.29. The third kappa shape index (κ3) is 3.42. The summed E-state index contributed by atoms with van der Waals surface area (Å²) in [7, 11) is 1.61. The van der Waals surface area contributed by atoms with Crippen molar-refractivity contribution >= 4 is 34.2 Å². The lowest BCUT2D eigenvalue weighted by molar-refractivity contribution is -0.0000300. The van der Waals surface area contributed by atoms with Crippen LogP contribution in [0.3, 0.4) is 0 Å². The summed E-state index contributed by atoms with van der Waals surface area (Å²) in [6, 6.07) is 7.88. The second-order valence-electron chi connectivity index (χ2n) is 8.36. The minimum absolute atomic E-state index is 0.0323. The summed E-state index contributed by atoms with van der Waals surface area (Å²) in [5.74, 6) is 0.931. The number of halogens is 2. The van der Waals surface area contributed by atoms with Gasteiger partial charge >= 0.3 is 0 Å². The molecular weight excluding hydrogens is 443 g/mol. The highest BCUT2D eigenvalue weighted by atomic mass is 35.5. The second kappa shape index (κ2) is 7.49. The highest BCUT2D eigenvalue weighted by Gasteiger charge is 2.54. The standard InChI is InChI=1S/C20H22ClFN6O2S/c1-12-7-16(21)27-17(12)19(24-18(25-27)13-3-5-14(22)6-4-13)26-10-20(11-26)8-15(9-20)28(23-2)31(29)30/h3-7,15,23H,8-11H2,1-2H3,(H,29,30)/p-1. The van der Waals surface area contributed by atoms with E-state index in [9.17, 15) is 13.2 Å². The quantitative estimate of drug-likeness (QED) is 0.462. The highest BCUT2D eigenvalue weighted by Crippen LogP contribution is 2.51. The first kappa shape index (κ1) is 20.8. The number of hydrogen-bond acceptors (Lipinski definition) is 6. The van der Waals surface area contributed by atoms with Crippen molar-refractivity contribution in [3.63, 3.8) is 0 Å². The molecule has 3 aromatic rings. The van der Waals surface area contributed by atoms with Crippen molar-refractivity contribution in [2.75, 3.05) is 25.0 Å². The highest BCUT2D eigenvalue weighted by molar-refractivity contribution is 7.76. The molecule has 1 unspecified atom stereocenters. The van der Waals surface area contributed by atoms with Gasteiger partial charge in [-0.05, 0) is 62.7 Å². The van der Waals surface area contributed by atoms with Crippen molar-refractivity contribution in [2.24, 2.45) is 5.41 Å². The second-order valence-corrected chi connectivity index (χ2v) is 9.58. The zero-order valence-electron chi connectivity index (χ0n) is 17.0. The van der Waals surface area contributed by atoms with E-state index in [1.807, 2.05) is 13.0 Å². The summed E-state index contributed by atoms with van der Waals surface area (Å²) in [5.41, 5.74) is 5.34. The van der Waals surface area contributed by atoms with Crippen LogP contribution in [0.5, 0.6) is 0 Å². The average molecular weight is 464 g/mol. The van der Waals surface area contributed by atoms with Crippen molar-refractivity contribution in [2.45, 2.75) is 25.8 Å². The maximum absolute atomic E-state index is 13.4. The molecular formula is C20H21ClFN6O2S-. The van der Waals surface area contributed by atoms with Gasteiger partial charge in [0.1, 0.15) is 16.5 Å². The molecule has 8 nitrogen and oxygen atoms in total. The number of hydrogen-bond donors (Lipinski definition) is 1. The lowest BCUT2D eigenvalue weighted by Gasteiger charge is -2.61. The molecule has 0 amide bonds. The molecule has 164 valence electrons. The molecule has 1 atom stereocenters. The molecule has 1 saturated carbocycles. The predicted octanol–water partition coefficient (Wildman–Crippen LogP) is 2.70. The summed E-state index contributed by atoms with van der Waals surface area (Å²) in [4.78, 5) is 6.99. The Morgan fingerprint density at radius 1 is 1.32 bits per heavy atom. The zero-order chi connectivity index (χ0) is 21.9. The van der Waals surface area contributed by atoms with Crippen LogP contribution >= 0.6 is 11.6 Å². The van der Waals surface area contributed by atoms with Crippen LogP contribution < -0.4 is 10.3 Å². The molecule has 2 aliphatic rings. The van der Waals surface area contributed by atoms with Gasteiger partial charge in [0.05, 0.1) is 0 Å². The number of hydrazine groups is 1. The van der Waals surface area contributed by atoms with E-state index in [2.05, 4.69) is 15.4 Å².